The summed E-state index contributed by atoms with van der Waals surface area (Å²) in [6.45, 7) is 1.77. The van der Waals surface area contributed by atoms with Crippen LogP contribution >= 0.6 is 0 Å². The Morgan fingerprint density at radius 3 is 2.12 bits per heavy atom. The van der Waals surface area contributed by atoms with Gasteiger partial charge in [-0.15, -0.1) is 0 Å². The summed E-state index contributed by atoms with van der Waals surface area (Å²) in [6.07, 6.45) is 4.30. The number of aromatic hydroxyl groups is 1. The summed E-state index contributed by atoms with van der Waals surface area (Å²) in [7, 11) is 0. The molecule has 1 aliphatic rings. The second kappa shape index (κ2) is 12.2. The fourth-order valence-corrected chi connectivity index (χ4v) is 5.34. The average Bonchev–Trinajstić information content (AvgIpc) is 3.30. The van der Waals surface area contributed by atoms with Crippen molar-refractivity contribution in [3.63, 3.8) is 0 Å². The molecule has 0 aliphatic carbocycles. The van der Waals surface area contributed by atoms with E-state index in [0.29, 0.717) is 48.5 Å². The highest BCUT2D eigenvalue weighted by molar-refractivity contribution is 5.92. The quantitative estimate of drug-likeness (QED) is 0.179. The van der Waals surface area contributed by atoms with Gasteiger partial charge in [-0.25, -0.2) is 24.8 Å². The van der Waals surface area contributed by atoms with Gasteiger partial charge in [-0.05, 0) is 55.2 Å². The molecule has 1 aliphatic heterocycles. The molecule has 3 aromatic carbocycles. The molecule has 0 atom stereocenters. The molecule has 1 fully saturated rings. The van der Waals surface area contributed by atoms with E-state index in [9.17, 15) is 14.7 Å². The van der Waals surface area contributed by atoms with Crippen LogP contribution < -0.4 is 20.8 Å². The van der Waals surface area contributed by atoms with Crippen molar-refractivity contribution in [1.82, 2.24) is 24.6 Å². The number of hydroxylamine groups is 1. The maximum Gasteiger partial charge on any atom is 0.336 e. The smallest absolute Gasteiger partial charge is 0.336 e. The maximum atomic E-state index is 13.9. The predicted molar refractivity (Wildman–Crippen MR) is 160 cm³/mol. The van der Waals surface area contributed by atoms with Gasteiger partial charge in [-0.3, -0.25) is 14.6 Å². The number of nitrogens with zero attached hydrogens (tertiary/aromatic N) is 5. The van der Waals surface area contributed by atoms with E-state index in [0.717, 1.165) is 18.4 Å². The number of carbonyl (C=O) groups is 1. The molecule has 6 rings (SSSR count). The number of rotatable bonds is 8. The van der Waals surface area contributed by atoms with E-state index in [-0.39, 0.29) is 23.1 Å². The molecule has 1 amide bonds. The Morgan fingerprint density at radius 1 is 0.884 bits per heavy atom. The lowest BCUT2D eigenvalue weighted by Crippen LogP contribution is -2.37. The molecule has 218 valence electrons. The fraction of sp³-hybridized carbons (Fsp3) is 0.188. The molecule has 11 heteroatoms. The minimum Gasteiger partial charge on any atom is -0.493 e. The van der Waals surface area contributed by atoms with Gasteiger partial charge >= 0.3 is 5.69 Å². The van der Waals surface area contributed by atoms with E-state index in [1.54, 1.807) is 34.3 Å². The molecule has 0 unspecified atom stereocenters. The first-order valence-electron chi connectivity index (χ1n) is 14.0. The summed E-state index contributed by atoms with van der Waals surface area (Å²) < 4.78 is 8.89. The second-order valence-corrected chi connectivity index (χ2v) is 10.3. The van der Waals surface area contributed by atoms with Gasteiger partial charge in [-0.1, -0.05) is 48.5 Å². The van der Waals surface area contributed by atoms with E-state index in [1.807, 2.05) is 65.6 Å². The third-order valence-electron chi connectivity index (χ3n) is 7.58. The van der Waals surface area contributed by atoms with Crippen LogP contribution in [0.3, 0.4) is 0 Å². The van der Waals surface area contributed by atoms with Crippen molar-refractivity contribution in [2.45, 2.75) is 19.4 Å². The van der Waals surface area contributed by atoms with Crippen LogP contribution in [0.5, 0.6) is 17.4 Å². The van der Waals surface area contributed by atoms with E-state index in [2.05, 4.69) is 9.97 Å². The number of para-hydroxylation sites is 1. The van der Waals surface area contributed by atoms with Crippen molar-refractivity contribution in [2.75, 3.05) is 18.0 Å². The summed E-state index contributed by atoms with van der Waals surface area (Å²) in [5.74, 6) is 1.21. The number of carbonyl (C=O) groups excluding carboxylic acids is 1. The van der Waals surface area contributed by atoms with Crippen LogP contribution in [0.4, 0.5) is 5.95 Å². The van der Waals surface area contributed by atoms with Crippen LogP contribution in [0.2, 0.25) is 0 Å². The van der Waals surface area contributed by atoms with Crippen LogP contribution in [0.25, 0.3) is 16.9 Å². The summed E-state index contributed by atoms with van der Waals surface area (Å²) in [5.41, 5.74) is 3.16. The molecule has 1 saturated heterocycles. The van der Waals surface area contributed by atoms with E-state index in [1.165, 1.54) is 17.0 Å². The summed E-state index contributed by atoms with van der Waals surface area (Å²) in [6, 6.07) is 25.9. The van der Waals surface area contributed by atoms with Crippen LogP contribution in [0, 0.1) is 5.92 Å². The minimum absolute atomic E-state index is 0.120. The number of anilines is 1. The van der Waals surface area contributed by atoms with E-state index >= 15 is 0 Å². The molecule has 0 saturated carbocycles. The molecule has 0 bridgehead atoms. The van der Waals surface area contributed by atoms with E-state index < -0.39 is 5.91 Å². The maximum absolute atomic E-state index is 13.9. The zero-order chi connectivity index (χ0) is 29.8. The highest BCUT2D eigenvalue weighted by Gasteiger charge is 2.27. The lowest BCUT2D eigenvalue weighted by atomic mass is 9.96. The fourth-order valence-electron chi connectivity index (χ4n) is 5.34. The van der Waals surface area contributed by atoms with Crippen molar-refractivity contribution in [3.8, 4) is 34.3 Å². The average molecular weight is 579 g/mol. The Hall–Kier alpha value is -5.42. The number of hydrogen-bond donors (Lipinski definition) is 3. The number of benzene rings is 3. The minimum atomic E-state index is -0.670. The Bertz CT molecular complexity index is 1750. The highest BCUT2D eigenvalue weighted by Crippen LogP contribution is 2.33. The first kappa shape index (κ1) is 27.7. The Kier molecular flexibility index (Phi) is 7.88. The van der Waals surface area contributed by atoms with Crippen LogP contribution in [0.1, 0.15) is 23.2 Å². The molecular formula is C32H30N6O5. The Balaban J connectivity index is 1.23. The number of imidazole rings is 1. The molecule has 2 aromatic heterocycles. The summed E-state index contributed by atoms with van der Waals surface area (Å²) in [4.78, 5) is 36.0. The van der Waals surface area contributed by atoms with Crippen molar-refractivity contribution in [1.29, 1.82) is 0 Å². The predicted octanol–water partition coefficient (Wildman–Crippen LogP) is 4.63. The lowest BCUT2D eigenvalue weighted by Gasteiger charge is -2.32. The molecule has 0 radical (unpaired) electrons. The molecular weight excluding hydrogens is 548 g/mol. The standard InChI is InChI=1S/C32H30N6O5/c39-29(35-42)24-19-33-31(34-20-24)36-17-15-22(16-18-36)21-37-28(23-7-3-1-4-8-23)30(40)38(32(37)41)25-11-13-27(14-12-25)43-26-9-5-2-6-10-26/h1-14,19-20,22,40,42H,15-18,21H2,(H,35,39). The number of amides is 1. The number of aromatic nitrogens is 4. The summed E-state index contributed by atoms with van der Waals surface area (Å²) in [5, 5.41) is 20.2. The van der Waals surface area contributed by atoms with Gasteiger partial charge in [0.1, 0.15) is 17.2 Å². The highest BCUT2D eigenvalue weighted by atomic mass is 16.5. The van der Waals surface area contributed by atoms with Crippen molar-refractivity contribution in [2.24, 2.45) is 5.92 Å². The number of ether oxygens (including phenoxy) is 1. The van der Waals surface area contributed by atoms with Gasteiger partial charge in [-0.2, -0.15) is 0 Å². The van der Waals surface area contributed by atoms with E-state index in [4.69, 9.17) is 9.94 Å². The van der Waals surface area contributed by atoms with Crippen molar-refractivity contribution < 1.29 is 19.8 Å². The largest absolute Gasteiger partial charge is 0.493 e. The Morgan fingerprint density at radius 2 is 1.49 bits per heavy atom. The number of piperidine rings is 1. The molecule has 0 spiro atoms. The second-order valence-electron chi connectivity index (χ2n) is 10.3. The van der Waals surface area contributed by atoms with Crippen molar-refractivity contribution in [3.05, 3.63) is 113 Å². The first-order chi connectivity index (χ1) is 21.0. The van der Waals surface area contributed by atoms with Gasteiger partial charge in [0.05, 0.1) is 11.3 Å². The number of nitrogens with one attached hydrogen (secondary N) is 1. The van der Waals surface area contributed by atoms with Crippen LogP contribution in [0.15, 0.2) is 102 Å². The topological polar surface area (TPSA) is 135 Å². The van der Waals surface area contributed by atoms with Gasteiger partial charge < -0.3 is 14.7 Å². The van der Waals surface area contributed by atoms with Gasteiger partial charge in [0.15, 0.2) is 0 Å². The van der Waals surface area contributed by atoms with Crippen LogP contribution in [-0.2, 0) is 6.54 Å². The zero-order valence-electron chi connectivity index (χ0n) is 23.2. The Labute approximate surface area is 247 Å². The van der Waals surface area contributed by atoms with Crippen molar-refractivity contribution >= 4 is 11.9 Å². The molecule has 3 heterocycles. The first-order valence-corrected chi connectivity index (χ1v) is 14.0. The molecule has 43 heavy (non-hydrogen) atoms. The summed E-state index contributed by atoms with van der Waals surface area (Å²) >= 11 is 0. The number of hydrogen-bond acceptors (Lipinski definition) is 8. The normalized spacial score (nSPS) is 13.6. The SMILES string of the molecule is O=C(NO)c1cnc(N2CCC(Cn3c(-c4ccccc4)c(O)n(-c4ccc(Oc5ccccc5)cc4)c3=O)CC2)nc1. The third-order valence-corrected chi connectivity index (χ3v) is 7.58. The molecule has 3 N–H and O–H groups in total. The van der Waals surface area contributed by atoms with Gasteiger partial charge in [0.2, 0.25) is 11.8 Å². The third kappa shape index (κ3) is 5.84. The van der Waals surface area contributed by atoms with Crippen LogP contribution in [-0.4, -0.2) is 48.4 Å². The molecule has 11 nitrogen and oxygen atoms in total. The zero-order valence-corrected chi connectivity index (χ0v) is 23.2. The molecule has 5 aromatic rings. The monoisotopic (exact) mass is 578 g/mol. The van der Waals surface area contributed by atoms with Gasteiger partial charge in [0.25, 0.3) is 5.91 Å². The van der Waals surface area contributed by atoms with Gasteiger partial charge in [0, 0.05) is 37.6 Å². The lowest BCUT2D eigenvalue weighted by molar-refractivity contribution is 0.0705.